The zero-order valence-electron chi connectivity index (χ0n) is 15.6. The smallest absolute Gasteiger partial charge is 0.410 e. The number of rotatable bonds is 2. The van der Waals surface area contributed by atoms with Crippen LogP contribution in [-0.2, 0) is 4.74 Å². The van der Waals surface area contributed by atoms with E-state index >= 15 is 0 Å². The molecule has 0 bridgehead atoms. The summed E-state index contributed by atoms with van der Waals surface area (Å²) in [6, 6.07) is 0.182. The summed E-state index contributed by atoms with van der Waals surface area (Å²) in [5, 5.41) is 3.16. The van der Waals surface area contributed by atoms with Crippen LogP contribution < -0.4 is 5.32 Å². The summed E-state index contributed by atoms with van der Waals surface area (Å²) in [5.41, 5.74) is 1.21. The third-order valence-corrected chi connectivity index (χ3v) is 5.23. The number of hydrogen-bond acceptors (Lipinski definition) is 3. The molecule has 2 heterocycles. The third-order valence-electron chi connectivity index (χ3n) is 5.23. The van der Waals surface area contributed by atoms with Gasteiger partial charge in [0.1, 0.15) is 5.60 Å². The molecule has 6 heteroatoms. The Morgan fingerprint density at radius 1 is 1.20 bits per heavy atom. The number of nitrogens with zero attached hydrogens (tertiary/aromatic N) is 1. The van der Waals surface area contributed by atoms with Crippen LogP contribution in [0.3, 0.4) is 0 Å². The van der Waals surface area contributed by atoms with Gasteiger partial charge in [-0.15, -0.1) is 0 Å². The van der Waals surface area contributed by atoms with Crippen molar-refractivity contribution in [3.63, 3.8) is 0 Å². The minimum Gasteiger partial charge on any atom is -0.444 e. The van der Waals surface area contributed by atoms with Crippen molar-refractivity contribution in [3.8, 4) is 0 Å². The van der Waals surface area contributed by atoms with Crippen molar-refractivity contribution in [2.45, 2.75) is 58.6 Å². The lowest BCUT2D eigenvalue weighted by Gasteiger charge is -2.31. The summed E-state index contributed by atoms with van der Waals surface area (Å²) >= 11 is 0. The number of amides is 2. The number of nitrogens with one attached hydrogen (secondary N) is 2. The highest BCUT2D eigenvalue weighted by atomic mass is 16.6. The predicted molar refractivity (Wildman–Crippen MR) is 95.4 cm³/mol. The molecule has 0 radical (unpaired) electrons. The van der Waals surface area contributed by atoms with Gasteiger partial charge in [0, 0.05) is 31.5 Å². The Kier molecular flexibility index (Phi) is 4.80. The normalized spacial score (nSPS) is 26.2. The van der Waals surface area contributed by atoms with E-state index in [1.54, 1.807) is 6.20 Å². The number of aromatic nitrogens is 1. The molecule has 2 fully saturated rings. The van der Waals surface area contributed by atoms with Crippen molar-refractivity contribution in [2.24, 2.45) is 11.8 Å². The van der Waals surface area contributed by atoms with Crippen molar-refractivity contribution < 1.29 is 14.3 Å². The highest BCUT2D eigenvalue weighted by Crippen LogP contribution is 2.37. The fourth-order valence-corrected chi connectivity index (χ4v) is 3.99. The number of likely N-dealkylation sites (tertiary alicyclic amines) is 1. The number of ether oxygens (including phenoxy) is 1. The maximum absolute atomic E-state index is 12.4. The molecule has 1 aromatic heterocycles. The van der Waals surface area contributed by atoms with Crippen LogP contribution in [-0.4, -0.2) is 46.6 Å². The van der Waals surface area contributed by atoms with Crippen molar-refractivity contribution in [2.75, 3.05) is 13.1 Å². The Morgan fingerprint density at radius 2 is 1.92 bits per heavy atom. The maximum Gasteiger partial charge on any atom is 0.410 e. The molecule has 138 valence electrons. The number of fused-ring (bicyclic) bond motifs is 1. The van der Waals surface area contributed by atoms with Crippen molar-refractivity contribution in [3.05, 3.63) is 23.5 Å². The Bertz CT molecular complexity index is 647. The van der Waals surface area contributed by atoms with E-state index < -0.39 is 5.60 Å². The lowest BCUT2D eigenvalue weighted by molar-refractivity contribution is 0.0284. The number of carbonyl (C=O) groups is 2. The molecular weight excluding hydrogens is 318 g/mol. The molecule has 1 saturated carbocycles. The molecule has 0 unspecified atom stereocenters. The summed E-state index contributed by atoms with van der Waals surface area (Å²) in [6.07, 6.45) is 6.31. The van der Waals surface area contributed by atoms with Gasteiger partial charge in [-0.2, -0.15) is 0 Å². The van der Waals surface area contributed by atoms with Gasteiger partial charge >= 0.3 is 6.09 Å². The van der Waals surface area contributed by atoms with Crippen LogP contribution in [0.15, 0.2) is 12.4 Å². The Hall–Kier alpha value is -1.98. The lowest BCUT2D eigenvalue weighted by Crippen LogP contribution is -2.40. The predicted octanol–water partition coefficient (Wildman–Crippen LogP) is 3.09. The number of hydrogen-bond donors (Lipinski definition) is 2. The molecule has 1 aliphatic heterocycles. The van der Waals surface area contributed by atoms with E-state index in [1.165, 1.54) is 0 Å². The second kappa shape index (κ2) is 6.73. The molecular formula is C19H29N3O3. The number of aromatic amines is 1. The topological polar surface area (TPSA) is 74.4 Å². The van der Waals surface area contributed by atoms with E-state index in [4.69, 9.17) is 4.74 Å². The second-order valence-electron chi connectivity index (χ2n) is 8.44. The van der Waals surface area contributed by atoms with Crippen LogP contribution >= 0.6 is 0 Å². The largest absolute Gasteiger partial charge is 0.444 e. The molecule has 3 rings (SSSR count). The first kappa shape index (κ1) is 17.8. The first-order valence-corrected chi connectivity index (χ1v) is 9.15. The first-order valence-electron chi connectivity index (χ1n) is 9.15. The summed E-state index contributed by atoms with van der Waals surface area (Å²) in [5.74, 6) is 0.956. The van der Waals surface area contributed by atoms with E-state index in [-0.39, 0.29) is 18.0 Å². The van der Waals surface area contributed by atoms with E-state index in [2.05, 4.69) is 10.3 Å². The molecule has 6 nitrogen and oxygen atoms in total. The lowest BCUT2D eigenvalue weighted by atomic mass is 9.79. The quantitative estimate of drug-likeness (QED) is 0.863. The summed E-state index contributed by atoms with van der Waals surface area (Å²) < 4.78 is 5.50. The van der Waals surface area contributed by atoms with Gasteiger partial charge in [-0.1, -0.05) is 0 Å². The number of aryl methyl sites for hydroxylation is 1. The molecule has 2 amide bonds. The molecule has 3 atom stereocenters. The first-order chi connectivity index (χ1) is 11.7. The minimum atomic E-state index is -0.463. The van der Waals surface area contributed by atoms with Gasteiger partial charge in [-0.25, -0.2) is 4.79 Å². The maximum atomic E-state index is 12.4. The van der Waals surface area contributed by atoms with Crippen LogP contribution in [0.5, 0.6) is 0 Å². The van der Waals surface area contributed by atoms with Gasteiger partial charge in [-0.05, 0) is 64.4 Å². The molecule has 0 aromatic carbocycles. The van der Waals surface area contributed by atoms with E-state index in [0.29, 0.717) is 17.4 Å². The molecule has 2 N–H and O–H groups in total. The number of H-pyrrole nitrogens is 1. The van der Waals surface area contributed by atoms with Crippen LogP contribution in [0.25, 0.3) is 0 Å². The Morgan fingerprint density at radius 3 is 2.56 bits per heavy atom. The molecule has 0 spiro atoms. The van der Waals surface area contributed by atoms with Crippen molar-refractivity contribution in [1.29, 1.82) is 0 Å². The zero-order valence-corrected chi connectivity index (χ0v) is 15.6. The van der Waals surface area contributed by atoms with Crippen LogP contribution in [0, 0.1) is 18.8 Å². The van der Waals surface area contributed by atoms with Crippen LogP contribution in [0.1, 0.15) is 56.0 Å². The van der Waals surface area contributed by atoms with Crippen molar-refractivity contribution in [1.82, 2.24) is 15.2 Å². The highest BCUT2D eigenvalue weighted by Gasteiger charge is 2.41. The fourth-order valence-electron chi connectivity index (χ4n) is 3.99. The van der Waals surface area contributed by atoms with E-state index in [0.717, 1.165) is 37.9 Å². The summed E-state index contributed by atoms with van der Waals surface area (Å²) in [7, 11) is 0. The summed E-state index contributed by atoms with van der Waals surface area (Å²) in [6.45, 7) is 9.11. The average Bonchev–Trinajstić information content (AvgIpc) is 3.11. The number of carbonyl (C=O) groups excluding carboxylic acids is 2. The third kappa shape index (κ3) is 4.17. The van der Waals surface area contributed by atoms with Gasteiger partial charge in [0.15, 0.2) is 0 Å². The average molecular weight is 347 g/mol. The molecule has 1 saturated heterocycles. The molecule has 1 aliphatic carbocycles. The standard InChI is InChI=1S/C19H29N3O3/c1-12-8-20-9-16(12)17(23)21-15-6-5-13-10-22(11-14(13)7-15)18(24)25-19(2,3)4/h8-9,13-15,20H,5-7,10-11H2,1-4H3,(H,21,23)/t13-,14-,15+/m0/s1. The minimum absolute atomic E-state index is 0.0100. The van der Waals surface area contributed by atoms with Gasteiger partial charge < -0.3 is 19.9 Å². The zero-order chi connectivity index (χ0) is 18.2. The van der Waals surface area contributed by atoms with Gasteiger partial charge in [-0.3, -0.25) is 4.79 Å². The Balaban J connectivity index is 1.54. The van der Waals surface area contributed by atoms with Gasteiger partial charge in [0.05, 0.1) is 5.56 Å². The SMILES string of the molecule is Cc1c[nH]cc1C(=O)N[C@@H]1CC[C@H]2CN(C(=O)OC(C)(C)C)C[C@@H]2C1. The van der Waals surface area contributed by atoms with E-state index in [9.17, 15) is 9.59 Å². The van der Waals surface area contributed by atoms with Crippen LogP contribution in [0.2, 0.25) is 0 Å². The fraction of sp³-hybridized carbons (Fsp3) is 0.684. The highest BCUT2D eigenvalue weighted by molar-refractivity contribution is 5.95. The van der Waals surface area contributed by atoms with Crippen LogP contribution in [0.4, 0.5) is 4.79 Å². The van der Waals surface area contributed by atoms with Gasteiger partial charge in [0.2, 0.25) is 0 Å². The Labute approximate surface area is 149 Å². The molecule has 1 aromatic rings. The van der Waals surface area contributed by atoms with Gasteiger partial charge in [0.25, 0.3) is 5.91 Å². The van der Waals surface area contributed by atoms with Crippen molar-refractivity contribution >= 4 is 12.0 Å². The molecule has 2 aliphatic rings. The monoisotopic (exact) mass is 347 g/mol. The molecule has 25 heavy (non-hydrogen) atoms. The summed E-state index contributed by atoms with van der Waals surface area (Å²) in [4.78, 5) is 29.5. The van der Waals surface area contributed by atoms with E-state index in [1.807, 2.05) is 38.8 Å². The second-order valence-corrected chi connectivity index (χ2v) is 8.44.